The van der Waals surface area contributed by atoms with Gasteiger partial charge in [0, 0.05) is 44.2 Å². The molecule has 47 heavy (non-hydrogen) atoms. The predicted molar refractivity (Wildman–Crippen MR) is 179 cm³/mol. The van der Waals surface area contributed by atoms with Gasteiger partial charge in [-0.3, -0.25) is 9.59 Å². The van der Waals surface area contributed by atoms with Gasteiger partial charge in [-0.05, 0) is 88.1 Å². The van der Waals surface area contributed by atoms with Crippen LogP contribution in [0.5, 0.6) is 5.95 Å². The SMILES string of the molecule is Cc1ccc2oc(OC(=O)NC3(C(=O)N[C@H](Cc4ccccc4)C(=O)NCC4CCN(CC5CCOCC5)CC4)CCCC3)cc2c1. The molecule has 3 N–H and O–H groups in total. The van der Waals surface area contributed by atoms with Crippen molar-refractivity contribution < 1.29 is 28.3 Å². The van der Waals surface area contributed by atoms with Crippen LogP contribution in [0.25, 0.3) is 11.0 Å². The number of nitrogens with one attached hydrogen (secondary N) is 3. The van der Waals surface area contributed by atoms with Gasteiger partial charge in [0.25, 0.3) is 5.95 Å². The first kappa shape index (κ1) is 33.0. The van der Waals surface area contributed by atoms with Crippen molar-refractivity contribution in [1.29, 1.82) is 0 Å². The quantitative estimate of drug-likeness (QED) is 0.265. The van der Waals surface area contributed by atoms with Gasteiger partial charge in [0.05, 0.1) is 0 Å². The van der Waals surface area contributed by atoms with Gasteiger partial charge < -0.3 is 34.7 Å². The van der Waals surface area contributed by atoms with Crippen molar-refractivity contribution in [2.45, 2.75) is 76.3 Å². The Morgan fingerprint density at radius 1 is 0.957 bits per heavy atom. The average molecular weight is 645 g/mol. The van der Waals surface area contributed by atoms with Crippen LogP contribution < -0.4 is 20.7 Å². The highest BCUT2D eigenvalue weighted by Crippen LogP contribution is 2.31. The van der Waals surface area contributed by atoms with Gasteiger partial charge in [-0.15, -0.1) is 0 Å². The summed E-state index contributed by atoms with van der Waals surface area (Å²) < 4.78 is 16.7. The Balaban J connectivity index is 1.06. The molecule has 0 bridgehead atoms. The maximum atomic E-state index is 13.9. The van der Waals surface area contributed by atoms with Gasteiger partial charge >= 0.3 is 6.09 Å². The van der Waals surface area contributed by atoms with E-state index in [1.807, 2.05) is 55.5 Å². The highest BCUT2D eigenvalue weighted by molar-refractivity contribution is 5.94. The van der Waals surface area contributed by atoms with Crippen LogP contribution in [0.15, 0.2) is 59.0 Å². The lowest BCUT2D eigenvalue weighted by Crippen LogP contribution is -2.61. The van der Waals surface area contributed by atoms with Crippen molar-refractivity contribution in [3.8, 4) is 5.95 Å². The molecule has 3 fully saturated rings. The molecule has 10 nitrogen and oxygen atoms in total. The molecule has 2 saturated heterocycles. The Kier molecular flexibility index (Phi) is 10.8. The molecule has 1 aromatic heterocycles. The second kappa shape index (κ2) is 15.3. The molecule has 3 amide bonds. The van der Waals surface area contributed by atoms with Crippen molar-refractivity contribution in [2.75, 3.05) is 39.4 Å². The van der Waals surface area contributed by atoms with Crippen LogP contribution >= 0.6 is 0 Å². The lowest BCUT2D eigenvalue weighted by molar-refractivity contribution is -0.132. The van der Waals surface area contributed by atoms with Gasteiger partial charge in [0.1, 0.15) is 17.2 Å². The molecule has 0 unspecified atom stereocenters. The molecule has 6 rings (SSSR count). The van der Waals surface area contributed by atoms with Crippen LogP contribution in [0.3, 0.4) is 0 Å². The number of carbonyl (C=O) groups is 3. The van der Waals surface area contributed by atoms with E-state index in [9.17, 15) is 14.4 Å². The molecular weight excluding hydrogens is 596 g/mol. The first-order valence-corrected chi connectivity index (χ1v) is 17.3. The van der Waals surface area contributed by atoms with Gasteiger partial charge in [-0.2, -0.15) is 0 Å². The van der Waals surface area contributed by atoms with E-state index in [0.29, 0.717) is 37.3 Å². The average Bonchev–Trinajstić information content (AvgIpc) is 3.72. The number of hydrogen-bond donors (Lipinski definition) is 3. The summed E-state index contributed by atoms with van der Waals surface area (Å²) in [5, 5.41) is 9.85. The Morgan fingerprint density at radius 2 is 1.70 bits per heavy atom. The normalized spacial score (nSPS) is 19.7. The summed E-state index contributed by atoms with van der Waals surface area (Å²) in [6.07, 6.45) is 6.43. The third-order valence-corrected chi connectivity index (χ3v) is 10.1. The highest BCUT2D eigenvalue weighted by Gasteiger charge is 2.44. The third-order valence-electron chi connectivity index (χ3n) is 10.1. The fourth-order valence-corrected chi connectivity index (χ4v) is 7.28. The molecule has 0 radical (unpaired) electrons. The number of fused-ring (bicyclic) bond motifs is 1. The van der Waals surface area contributed by atoms with Gasteiger partial charge in [0.2, 0.25) is 11.8 Å². The number of likely N-dealkylation sites (tertiary alicyclic amines) is 1. The molecule has 1 aliphatic carbocycles. The largest absolute Gasteiger partial charge is 0.425 e. The zero-order valence-electron chi connectivity index (χ0n) is 27.4. The Hall–Kier alpha value is -3.89. The number of hydrogen-bond acceptors (Lipinski definition) is 7. The predicted octanol–water partition coefficient (Wildman–Crippen LogP) is 5.12. The van der Waals surface area contributed by atoms with E-state index >= 15 is 0 Å². The van der Waals surface area contributed by atoms with E-state index in [1.165, 1.54) is 0 Å². The maximum absolute atomic E-state index is 13.9. The van der Waals surface area contributed by atoms with E-state index in [1.54, 1.807) is 6.07 Å². The van der Waals surface area contributed by atoms with Crippen LogP contribution in [0.4, 0.5) is 4.79 Å². The summed E-state index contributed by atoms with van der Waals surface area (Å²) in [6.45, 7) is 7.52. The summed E-state index contributed by atoms with van der Waals surface area (Å²) in [7, 11) is 0. The summed E-state index contributed by atoms with van der Waals surface area (Å²) in [6, 6.07) is 16.3. The Labute approximate surface area is 276 Å². The fourth-order valence-electron chi connectivity index (χ4n) is 7.28. The standard InChI is InChI=1S/C37H48N4O6/c1-26-9-10-32-30(21-26)23-33(46-32)47-36(44)40-37(15-5-6-16-37)35(43)39-31(22-27-7-3-2-4-8-27)34(42)38-24-28-11-17-41(18-12-28)25-29-13-19-45-20-14-29/h2-4,7-10,21,23,28-29,31H,5-6,11-20,22,24-25H2,1H3,(H,38,42)(H,39,43)(H,40,44)/t31-/m1/s1. The monoisotopic (exact) mass is 644 g/mol. The molecule has 2 aliphatic heterocycles. The number of furan rings is 1. The third kappa shape index (κ3) is 8.73. The molecule has 1 saturated carbocycles. The Morgan fingerprint density at radius 3 is 2.45 bits per heavy atom. The minimum Gasteiger partial charge on any atom is -0.425 e. The smallest absolute Gasteiger partial charge is 0.415 e. The van der Waals surface area contributed by atoms with Crippen molar-refractivity contribution >= 4 is 28.9 Å². The first-order valence-electron chi connectivity index (χ1n) is 17.3. The number of piperidine rings is 1. The molecule has 3 heterocycles. The van der Waals surface area contributed by atoms with Gasteiger partial charge in [0.15, 0.2) is 0 Å². The van der Waals surface area contributed by atoms with E-state index in [2.05, 4.69) is 20.9 Å². The topological polar surface area (TPSA) is 122 Å². The second-order valence-electron chi connectivity index (χ2n) is 13.7. The summed E-state index contributed by atoms with van der Waals surface area (Å²) in [5.41, 5.74) is 1.45. The van der Waals surface area contributed by atoms with Crippen LogP contribution in [-0.2, 0) is 20.7 Å². The van der Waals surface area contributed by atoms with Crippen LogP contribution in [0.1, 0.15) is 62.5 Å². The van der Waals surface area contributed by atoms with E-state index in [4.69, 9.17) is 13.9 Å². The molecule has 3 aliphatic rings. The van der Waals surface area contributed by atoms with E-state index < -0.39 is 17.7 Å². The molecular formula is C37H48N4O6. The number of carbonyl (C=O) groups excluding carboxylic acids is 3. The molecule has 252 valence electrons. The molecule has 0 spiro atoms. The van der Waals surface area contributed by atoms with Crippen LogP contribution in [0, 0.1) is 18.8 Å². The minimum atomic E-state index is -1.17. The van der Waals surface area contributed by atoms with Crippen molar-refractivity contribution in [3.05, 3.63) is 65.7 Å². The van der Waals surface area contributed by atoms with E-state index in [-0.39, 0.29) is 17.8 Å². The number of nitrogens with zero attached hydrogens (tertiary/aromatic N) is 1. The maximum Gasteiger partial charge on any atom is 0.415 e. The summed E-state index contributed by atoms with van der Waals surface area (Å²) >= 11 is 0. The Bertz CT molecular complexity index is 1500. The second-order valence-corrected chi connectivity index (χ2v) is 13.7. The van der Waals surface area contributed by atoms with Crippen molar-refractivity contribution in [1.82, 2.24) is 20.9 Å². The zero-order chi connectivity index (χ0) is 32.6. The molecule has 2 aromatic carbocycles. The molecule has 1 atom stereocenters. The van der Waals surface area contributed by atoms with Crippen LogP contribution in [0.2, 0.25) is 0 Å². The minimum absolute atomic E-state index is 0.0624. The van der Waals surface area contributed by atoms with Crippen molar-refractivity contribution in [2.24, 2.45) is 11.8 Å². The molecule has 10 heteroatoms. The van der Waals surface area contributed by atoms with E-state index in [0.717, 1.165) is 93.8 Å². The summed E-state index contributed by atoms with van der Waals surface area (Å²) in [5.74, 6) is 0.603. The molecule has 3 aromatic rings. The number of rotatable bonds is 11. The zero-order valence-corrected chi connectivity index (χ0v) is 27.4. The first-order chi connectivity index (χ1) is 22.8. The van der Waals surface area contributed by atoms with Crippen molar-refractivity contribution in [3.63, 3.8) is 0 Å². The number of ether oxygens (including phenoxy) is 2. The lowest BCUT2D eigenvalue weighted by Gasteiger charge is -2.35. The fraction of sp³-hybridized carbons (Fsp3) is 0.541. The number of benzene rings is 2. The lowest BCUT2D eigenvalue weighted by atomic mass is 9.93. The number of amides is 3. The van der Waals surface area contributed by atoms with Gasteiger partial charge in [-0.1, -0.05) is 54.8 Å². The summed E-state index contributed by atoms with van der Waals surface area (Å²) in [4.78, 5) is 43.3. The van der Waals surface area contributed by atoms with Crippen LogP contribution in [-0.4, -0.2) is 73.8 Å². The van der Waals surface area contributed by atoms with Gasteiger partial charge in [-0.25, -0.2) is 4.79 Å². The number of aryl methyl sites for hydroxylation is 1. The highest BCUT2D eigenvalue weighted by atomic mass is 16.6.